The van der Waals surface area contributed by atoms with Crippen molar-refractivity contribution < 1.29 is 4.57 Å². The van der Waals surface area contributed by atoms with E-state index in [-0.39, 0.29) is 0 Å². The van der Waals surface area contributed by atoms with Crippen LogP contribution >= 0.6 is 0 Å². The molecule has 116 valence electrons. The molecule has 2 aromatic carbocycles. The summed E-state index contributed by atoms with van der Waals surface area (Å²) in [4.78, 5) is 13.3. The highest BCUT2D eigenvalue weighted by atomic mass is 15.0. The molecule has 0 aliphatic carbocycles. The lowest BCUT2D eigenvalue weighted by atomic mass is 9.99. The van der Waals surface area contributed by atoms with Gasteiger partial charge in [0, 0.05) is 18.0 Å². The first-order valence-electron chi connectivity index (χ1n) is 7.85. The van der Waals surface area contributed by atoms with E-state index in [2.05, 4.69) is 62.8 Å². The van der Waals surface area contributed by atoms with Gasteiger partial charge in [0.1, 0.15) is 5.69 Å². The summed E-state index contributed by atoms with van der Waals surface area (Å²) in [5.41, 5.74) is 6.38. The molecule has 2 heterocycles. The SMILES string of the molecule is Cc1ccccc1-c1c2cccc(-c3cnccn3)c2nc[n+]1C. The molecule has 0 saturated heterocycles. The average molecular weight is 313 g/mol. The fraction of sp³-hybridized carbons (Fsp3) is 0.100. The molecule has 0 fully saturated rings. The lowest BCUT2D eigenvalue weighted by molar-refractivity contribution is -0.662. The van der Waals surface area contributed by atoms with Crippen molar-refractivity contribution in [2.75, 3.05) is 0 Å². The smallest absolute Gasteiger partial charge is 0.261 e. The molecule has 4 rings (SSSR count). The lowest BCUT2D eigenvalue weighted by Gasteiger charge is -2.10. The van der Waals surface area contributed by atoms with E-state index in [1.807, 2.05) is 19.4 Å². The van der Waals surface area contributed by atoms with E-state index in [4.69, 9.17) is 0 Å². The largest absolute Gasteiger partial charge is 0.287 e. The summed E-state index contributed by atoms with van der Waals surface area (Å²) in [6, 6.07) is 14.6. The third-order valence-corrected chi connectivity index (χ3v) is 4.24. The van der Waals surface area contributed by atoms with Crippen LogP contribution in [0.4, 0.5) is 0 Å². The second-order valence-electron chi connectivity index (χ2n) is 5.81. The normalized spacial score (nSPS) is 10.9. The molecule has 0 saturated carbocycles. The van der Waals surface area contributed by atoms with Gasteiger partial charge in [0.15, 0.2) is 5.52 Å². The molecule has 4 heteroatoms. The highest BCUT2D eigenvalue weighted by Gasteiger charge is 2.19. The zero-order chi connectivity index (χ0) is 16.5. The molecule has 0 aliphatic heterocycles. The molecule has 4 aromatic rings. The van der Waals surface area contributed by atoms with Crippen molar-refractivity contribution in [3.8, 4) is 22.5 Å². The Balaban J connectivity index is 2.06. The Labute approximate surface area is 140 Å². The van der Waals surface area contributed by atoms with Crippen molar-refractivity contribution >= 4 is 10.9 Å². The Morgan fingerprint density at radius 1 is 0.875 bits per heavy atom. The summed E-state index contributed by atoms with van der Waals surface area (Å²) in [6.07, 6.45) is 7.03. The molecule has 0 amide bonds. The van der Waals surface area contributed by atoms with Gasteiger partial charge < -0.3 is 0 Å². The Bertz CT molecular complexity index is 1030. The second kappa shape index (κ2) is 5.81. The number of rotatable bonds is 2. The first-order valence-corrected chi connectivity index (χ1v) is 7.85. The van der Waals surface area contributed by atoms with Crippen LogP contribution in [0.25, 0.3) is 33.4 Å². The maximum absolute atomic E-state index is 4.67. The highest BCUT2D eigenvalue weighted by molar-refractivity contribution is 5.99. The molecular weight excluding hydrogens is 296 g/mol. The summed E-state index contributed by atoms with van der Waals surface area (Å²) in [5.74, 6) is 0. The van der Waals surface area contributed by atoms with Crippen LogP contribution in [0.3, 0.4) is 0 Å². The van der Waals surface area contributed by atoms with E-state index < -0.39 is 0 Å². The summed E-state index contributed by atoms with van der Waals surface area (Å²) < 4.78 is 2.07. The van der Waals surface area contributed by atoms with Gasteiger partial charge in [0.05, 0.1) is 29.9 Å². The van der Waals surface area contributed by atoms with E-state index >= 15 is 0 Å². The monoisotopic (exact) mass is 313 g/mol. The van der Waals surface area contributed by atoms with Crippen LogP contribution in [0.15, 0.2) is 67.4 Å². The van der Waals surface area contributed by atoms with Gasteiger partial charge in [0.25, 0.3) is 6.33 Å². The van der Waals surface area contributed by atoms with Crippen molar-refractivity contribution in [2.24, 2.45) is 7.05 Å². The van der Waals surface area contributed by atoms with Gasteiger partial charge in [-0.2, -0.15) is 0 Å². The summed E-state index contributed by atoms with van der Waals surface area (Å²) in [6.45, 7) is 2.13. The minimum Gasteiger partial charge on any atom is -0.261 e. The van der Waals surface area contributed by atoms with Crippen LogP contribution in [0.5, 0.6) is 0 Å². The van der Waals surface area contributed by atoms with E-state index in [1.165, 1.54) is 11.1 Å². The van der Waals surface area contributed by atoms with E-state index in [0.29, 0.717) is 0 Å². The predicted octanol–water partition coefficient (Wildman–Crippen LogP) is 3.49. The lowest BCUT2D eigenvalue weighted by Crippen LogP contribution is -2.31. The number of nitrogens with zero attached hydrogens (tertiary/aromatic N) is 4. The number of para-hydroxylation sites is 1. The quantitative estimate of drug-likeness (QED) is 0.532. The van der Waals surface area contributed by atoms with Crippen molar-refractivity contribution in [3.05, 3.63) is 72.9 Å². The minimum atomic E-state index is 0.834. The molecule has 0 atom stereocenters. The minimum absolute atomic E-state index is 0.834. The van der Waals surface area contributed by atoms with Crippen LogP contribution in [-0.4, -0.2) is 15.0 Å². The number of hydrogen-bond acceptors (Lipinski definition) is 3. The van der Waals surface area contributed by atoms with E-state index in [0.717, 1.165) is 27.9 Å². The van der Waals surface area contributed by atoms with Gasteiger partial charge in [-0.05, 0) is 29.6 Å². The number of benzene rings is 2. The fourth-order valence-corrected chi connectivity index (χ4v) is 3.08. The zero-order valence-electron chi connectivity index (χ0n) is 13.6. The van der Waals surface area contributed by atoms with Crippen LogP contribution in [0.2, 0.25) is 0 Å². The van der Waals surface area contributed by atoms with Gasteiger partial charge in [-0.1, -0.05) is 30.3 Å². The standard InChI is InChI=1S/C20H17N4/c1-14-6-3-4-7-15(14)20-17-9-5-8-16(18-12-21-10-11-22-18)19(17)23-13-24(20)2/h3-13H,1-2H3/q+1. The zero-order valence-corrected chi connectivity index (χ0v) is 13.6. The molecule has 2 aromatic heterocycles. The van der Waals surface area contributed by atoms with Crippen LogP contribution in [0.1, 0.15) is 5.56 Å². The van der Waals surface area contributed by atoms with Crippen LogP contribution in [0, 0.1) is 6.92 Å². The molecular formula is C20H17N4+. The second-order valence-corrected chi connectivity index (χ2v) is 5.81. The molecule has 24 heavy (non-hydrogen) atoms. The predicted molar refractivity (Wildman–Crippen MR) is 94.1 cm³/mol. The van der Waals surface area contributed by atoms with Crippen LogP contribution in [-0.2, 0) is 7.05 Å². The third kappa shape index (κ3) is 2.33. The number of aryl methyl sites for hydroxylation is 2. The first-order chi connectivity index (χ1) is 11.8. The summed E-state index contributed by atoms with van der Waals surface area (Å²) >= 11 is 0. The first kappa shape index (κ1) is 14.5. The summed E-state index contributed by atoms with van der Waals surface area (Å²) in [7, 11) is 2.03. The maximum atomic E-state index is 4.67. The highest BCUT2D eigenvalue weighted by Crippen LogP contribution is 2.31. The Morgan fingerprint density at radius 3 is 2.50 bits per heavy atom. The van der Waals surface area contributed by atoms with Gasteiger partial charge >= 0.3 is 0 Å². The number of fused-ring (bicyclic) bond motifs is 1. The Hall–Kier alpha value is -3.14. The fourth-order valence-electron chi connectivity index (χ4n) is 3.08. The van der Waals surface area contributed by atoms with Crippen molar-refractivity contribution in [1.29, 1.82) is 0 Å². The van der Waals surface area contributed by atoms with Gasteiger partial charge in [-0.3, -0.25) is 9.97 Å². The summed E-state index contributed by atoms with van der Waals surface area (Å²) in [5, 5.41) is 1.11. The topological polar surface area (TPSA) is 42.6 Å². The third-order valence-electron chi connectivity index (χ3n) is 4.24. The molecule has 4 nitrogen and oxygen atoms in total. The molecule has 0 bridgehead atoms. The molecule has 0 unspecified atom stereocenters. The van der Waals surface area contributed by atoms with Crippen molar-refractivity contribution in [2.45, 2.75) is 6.92 Å². The molecule has 0 N–H and O–H groups in total. The van der Waals surface area contributed by atoms with Gasteiger partial charge in [-0.15, -0.1) is 0 Å². The molecule has 0 spiro atoms. The van der Waals surface area contributed by atoms with Crippen molar-refractivity contribution in [3.63, 3.8) is 0 Å². The van der Waals surface area contributed by atoms with Gasteiger partial charge in [-0.25, -0.2) is 4.57 Å². The average Bonchev–Trinajstić information content (AvgIpc) is 2.63. The maximum Gasteiger partial charge on any atom is 0.287 e. The molecule has 0 radical (unpaired) electrons. The number of hydrogen-bond donors (Lipinski definition) is 0. The van der Waals surface area contributed by atoms with E-state index in [1.54, 1.807) is 18.6 Å². The van der Waals surface area contributed by atoms with Crippen LogP contribution < -0.4 is 4.57 Å². The van der Waals surface area contributed by atoms with Crippen molar-refractivity contribution in [1.82, 2.24) is 15.0 Å². The Morgan fingerprint density at radius 2 is 1.71 bits per heavy atom. The van der Waals surface area contributed by atoms with E-state index in [9.17, 15) is 0 Å². The Kier molecular flexibility index (Phi) is 3.50. The number of aromatic nitrogens is 4. The van der Waals surface area contributed by atoms with Gasteiger partial charge in [0.2, 0.25) is 0 Å². The molecule has 0 aliphatic rings.